The van der Waals surface area contributed by atoms with Crippen molar-refractivity contribution in [2.45, 2.75) is 39.5 Å². The average Bonchev–Trinajstić information content (AvgIpc) is 2.05. The van der Waals surface area contributed by atoms with E-state index in [9.17, 15) is 4.79 Å². The molecule has 2 atom stereocenters. The van der Waals surface area contributed by atoms with Crippen LogP contribution in [0.25, 0.3) is 0 Å². The van der Waals surface area contributed by atoms with Crippen molar-refractivity contribution < 1.29 is 9.53 Å². The van der Waals surface area contributed by atoms with Crippen LogP contribution < -0.4 is 0 Å². The monoisotopic (exact) mass is 170 g/mol. The Hall–Kier alpha value is -0.530. The molecule has 0 aromatic rings. The Morgan fingerprint density at radius 1 is 1.42 bits per heavy atom. The Bertz CT molecular complexity index is 154. The van der Waals surface area contributed by atoms with Crippen LogP contribution in [0.5, 0.6) is 0 Å². The van der Waals surface area contributed by atoms with E-state index in [0.717, 1.165) is 6.42 Å². The maximum Gasteiger partial charge on any atom is 0.309 e. The summed E-state index contributed by atoms with van der Waals surface area (Å²) < 4.78 is 5.01. The van der Waals surface area contributed by atoms with Gasteiger partial charge in [0.05, 0.1) is 12.5 Å². The van der Waals surface area contributed by atoms with Crippen molar-refractivity contribution in [1.29, 1.82) is 0 Å². The number of hydrogen-bond acceptors (Lipinski definition) is 2. The number of hydrogen-bond donors (Lipinski definition) is 0. The molecule has 0 N–H and O–H groups in total. The fourth-order valence-corrected chi connectivity index (χ4v) is 1.92. The van der Waals surface area contributed by atoms with Crippen molar-refractivity contribution in [2.75, 3.05) is 6.61 Å². The summed E-state index contributed by atoms with van der Waals surface area (Å²) in [6.07, 6.45) is 4.67. The lowest BCUT2D eigenvalue weighted by Crippen LogP contribution is -2.27. The molecule has 1 aliphatic carbocycles. The predicted molar refractivity (Wildman–Crippen MR) is 47.8 cm³/mol. The van der Waals surface area contributed by atoms with Crippen molar-refractivity contribution in [2.24, 2.45) is 11.8 Å². The van der Waals surface area contributed by atoms with Gasteiger partial charge in [-0.15, -0.1) is 0 Å². The molecular weight excluding hydrogens is 152 g/mol. The highest BCUT2D eigenvalue weighted by atomic mass is 16.5. The molecule has 0 aliphatic heterocycles. The number of rotatable bonds is 2. The molecule has 70 valence electrons. The molecule has 2 nitrogen and oxygen atoms in total. The molecule has 0 bridgehead atoms. The SMILES string of the molecule is CCOC(=O)[C@@H]1CCCCC1C. The van der Waals surface area contributed by atoms with Gasteiger partial charge < -0.3 is 4.74 Å². The van der Waals surface area contributed by atoms with Crippen LogP contribution in [0, 0.1) is 11.8 Å². The van der Waals surface area contributed by atoms with E-state index in [1.54, 1.807) is 0 Å². The minimum Gasteiger partial charge on any atom is -0.466 e. The second kappa shape index (κ2) is 4.48. The number of carbonyl (C=O) groups excluding carboxylic acids is 1. The summed E-state index contributed by atoms with van der Waals surface area (Å²) in [7, 11) is 0. The molecule has 0 heterocycles. The summed E-state index contributed by atoms with van der Waals surface area (Å²) >= 11 is 0. The molecular formula is C10H18O2. The van der Waals surface area contributed by atoms with E-state index in [2.05, 4.69) is 6.92 Å². The fraction of sp³-hybridized carbons (Fsp3) is 0.900. The van der Waals surface area contributed by atoms with Crippen LogP contribution in [0.4, 0.5) is 0 Å². The molecule has 0 radical (unpaired) electrons. The van der Waals surface area contributed by atoms with Gasteiger partial charge in [0.25, 0.3) is 0 Å². The van der Waals surface area contributed by atoms with Crippen molar-refractivity contribution in [3.63, 3.8) is 0 Å². The highest BCUT2D eigenvalue weighted by Crippen LogP contribution is 2.30. The van der Waals surface area contributed by atoms with E-state index in [0.29, 0.717) is 12.5 Å². The molecule has 0 amide bonds. The Morgan fingerprint density at radius 3 is 2.67 bits per heavy atom. The zero-order valence-corrected chi connectivity index (χ0v) is 8.01. The molecule has 2 heteroatoms. The summed E-state index contributed by atoms with van der Waals surface area (Å²) in [5.74, 6) is 0.723. The molecule has 0 aromatic heterocycles. The topological polar surface area (TPSA) is 26.3 Å². The summed E-state index contributed by atoms with van der Waals surface area (Å²) in [6.45, 7) is 4.54. The minimum absolute atomic E-state index is 0.0182. The highest BCUT2D eigenvalue weighted by molar-refractivity contribution is 5.72. The number of ether oxygens (including phenoxy) is 1. The van der Waals surface area contributed by atoms with Crippen molar-refractivity contribution in [1.82, 2.24) is 0 Å². The molecule has 1 rings (SSSR count). The van der Waals surface area contributed by atoms with Crippen LogP contribution in [0.3, 0.4) is 0 Å². The summed E-state index contributed by atoms with van der Waals surface area (Å²) in [5, 5.41) is 0. The molecule has 12 heavy (non-hydrogen) atoms. The van der Waals surface area contributed by atoms with Crippen LogP contribution in [-0.2, 0) is 9.53 Å². The summed E-state index contributed by atoms with van der Waals surface area (Å²) in [5.41, 5.74) is 0. The van der Waals surface area contributed by atoms with Gasteiger partial charge in [0.2, 0.25) is 0 Å². The molecule has 0 saturated heterocycles. The Kier molecular flexibility index (Phi) is 3.57. The highest BCUT2D eigenvalue weighted by Gasteiger charge is 2.28. The van der Waals surface area contributed by atoms with Crippen molar-refractivity contribution in [3.05, 3.63) is 0 Å². The van der Waals surface area contributed by atoms with Crippen molar-refractivity contribution in [3.8, 4) is 0 Å². The van der Waals surface area contributed by atoms with Gasteiger partial charge >= 0.3 is 5.97 Å². The van der Waals surface area contributed by atoms with Gasteiger partial charge in [-0.2, -0.15) is 0 Å². The van der Waals surface area contributed by atoms with E-state index in [1.807, 2.05) is 6.92 Å². The summed E-state index contributed by atoms with van der Waals surface area (Å²) in [4.78, 5) is 11.4. The lowest BCUT2D eigenvalue weighted by Gasteiger charge is -2.26. The van der Waals surface area contributed by atoms with Gasteiger partial charge in [-0.25, -0.2) is 0 Å². The lowest BCUT2D eigenvalue weighted by molar-refractivity contribution is -0.150. The first kappa shape index (κ1) is 9.56. The van der Waals surface area contributed by atoms with Gasteiger partial charge in [0, 0.05) is 0 Å². The van der Waals surface area contributed by atoms with Crippen LogP contribution in [0.15, 0.2) is 0 Å². The Morgan fingerprint density at radius 2 is 2.08 bits per heavy atom. The second-order valence-electron chi connectivity index (χ2n) is 3.62. The summed E-state index contributed by atoms with van der Waals surface area (Å²) in [6, 6.07) is 0. The Balaban J connectivity index is 2.42. The third kappa shape index (κ3) is 2.23. The first-order valence-corrected chi connectivity index (χ1v) is 4.92. The van der Waals surface area contributed by atoms with Crippen molar-refractivity contribution >= 4 is 5.97 Å². The van der Waals surface area contributed by atoms with Crippen LogP contribution in [-0.4, -0.2) is 12.6 Å². The van der Waals surface area contributed by atoms with Gasteiger partial charge in [0.15, 0.2) is 0 Å². The second-order valence-corrected chi connectivity index (χ2v) is 3.62. The maximum absolute atomic E-state index is 11.4. The fourth-order valence-electron chi connectivity index (χ4n) is 1.92. The first-order valence-electron chi connectivity index (χ1n) is 4.92. The normalized spacial score (nSPS) is 29.8. The van der Waals surface area contributed by atoms with Gasteiger partial charge in [-0.3, -0.25) is 4.79 Å². The zero-order valence-electron chi connectivity index (χ0n) is 8.01. The van der Waals surface area contributed by atoms with E-state index in [-0.39, 0.29) is 11.9 Å². The molecule has 1 fully saturated rings. The largest absolute Gasteiger partial charge is 0.466 e. The molecule has 0 spiro atoms. The van der Waals surface area contributed by atoms with E-state index >= 15 is 0 Å². The van der Waals surface area contributed by atoms with E-state index < -0.39 is 0 Å². The smallest absolute Gasteiger partial charge is 0.309 e. The zero-order chi connectivity index (χ0) is 8.97. The third-order valence-corrected chi connectivity index (χ3v) is 2.70. The molecule has 1 aliphatic rings. The van der Waals surface area contributed by atoms with E-state index in [1.165, 1.54) is 19.3 Å². The predicted octanol–water partition coefficient (Wildman–Crippen LogP) is 2.38. The molecule has 1 unspecified atom stereocenters. The quantitative estimate of drug-likeness (QED) is 0.595. The standard InChI is InChI=1S/C10H18O2/c1-3-12-10(11)9-7-5-4-6-8(9)2/h8-9H,3-7H2,1-2H3/t8?,9-/m1/s1. The van der Waals surface area contributed by atoms with Crippen LogP contribution >= 0.6 is 0 Å². The minimum atomic E-state index is 0.0182. The Labute approximate surface area is 74.3 Å². The first-order chi connectivity index (χ1) is 5.75. The van der Waals surface area contributed by atoms with E-state index in [4.69, 9.17) is 4.74 Å². The van der Waals surface area contributed by atoms with Gasteiger partial charge in [0.1, 0.15) is 0 Å². The number of esters is 1. The van der Waals surface area contributed by atoms with Gasteiger partial charge in [-0.05, 0) is 25.7 Å². The maximum atomic E-state index is 11.4. The molecule has 0 aromatic carbocycles. The van der Waals surface area contributed by atoms with Crippen LogP contribution in [0.2, 0.25) is 0 Å². The molecule has 1 saturated carbocycles. The third-order valence-electron chi connectivity index (χ3n) is 2.70. The average molecular weight is 170 g/mol. The van der Waals surface area contributed by atoms with Crippen LogP contribution in [0.1, 0.15) is 39.5 Å². The lowest BCUT2D eigenvalue weighted by atomic mass is 9.80. The number of carbonyl (C=O) groups is 1. The van der Waals surface area contributed by atoms with Gasteiger partial charge in [-0.1, -0.05) is 19.8 Å².